The number of ether oxygens (including phenoxy) is 7. The van der Waals surface area contributed by atoms with E-state index in [1.807, 2.05) is 13.8 Å². The van der Waals surface area contributed by atoms with E-state index < -0.39 is 11.9 Å². The Bertz CT molecular complexity index is 1830. The predicted octanol–water partition coefficient (Wildman–Crippen LogP) is 6.14. The Morgan fingerprint density at radius 1 is 0.620 bits per heavy atom. The summed E-state index contributed by atoms with van der Waals surface area (Å²) in [5.41, 5.74) is 4.26. The normalized spacial score (nSPS) is 10.6. The van der Waals surface area contributed by atoms with Crippen molar-refractivity contribution in [3.63, 3.8) is 0 Å². The van der Waals surface area contributed by atoms with Gasteiger partial charge in [-0.15, -0.1) is 0 Å². The van der Waals surface area contributed by atoms with Crippen LogP contribution in [0, 0.1) is 0 Å². The van der Waals surface area contributed by atoms with Crippen LogP contribution >= 0.6 is 0 Å². The lowest BCUT2D eigenvalue weighted by Crippen LogP contribution is -2.18. The molecule has 0 aliphatic carbocycles. The molecule has 4 aromatic rings. The number of hydrogen-bond donors (Lipinski definition) is 2. The second-order valence-electron chi connectivity index (χ2n) is 10.2. The van der Waals surface area contributed by atoms with Crippen LogP contribution in [0.2, 0.25) is 0 Å². The quantitative estimate of drug-likeness (QED) is 0.0609. The van der Waals surface area contributed by atoms with E-state index in [1.165, 1.54) is 45.7 Å². The Morgan fingerprint density at radius 3 is 1.86 bits per heavy atom. The van der Waals surface area contributed by atoms with Crippen LogP contribution in [-0.4, -0.2) is 65.1 Å². The molecule has 0 atom stereocenters. The van der Waals surface area contributed by atoms with Crippen LogP contribution in [0.15, 0.2) is 77.9 Å². The molecule has 0 aromatic heterocycles. The van der Waals surface area contributed by atoms with Gasteiger partial charge in [0.1, 0.15) is 0 Å². The molecule has 0 bridgehead atoms. The molecule has 0 fully saturated rings. The number of hydrazone groups is 1. The summed E-state index contributed by atoms with van der Waals surface area (Å²) >= 11 is 0. The van der Waals surface area contributed by atoms with Crippen LogP contribution in [0.5, 0.6) is 40.2 Å². The summed E-state index contributed by atoms with van der Waals surface area (Å²) < 4.78 is 38.5. The molecule has 0 heterocycles. The van der Waals surface area contributed by atoms with E-state index in [0.29, 0.717) is 65.4 Å². The zero-order valence-corrected chi connectivity index (χ0v) is 28.7. The van der Waals surface area contributed by atoms with E-state index in [4.69, 9.17) is 33.2 Å². The van der Waals surface area contributed by atoms with Gasteiger partial charge in [-0.05, 0) is 93.1 Å². The van der Waals surface area contributed by atoms with Crippen LogP contribution in [0.1, 0.15) is 57.4 Å². The fourth-order valence-electron chi connectivity index (χ4n) is 4.68. The Morgan fingerprint density at radius 2 is 1.22 bits per heavy atom. The largest absolute Gasteiger partial charge is 0.493 e. The van der Waals surface area contributed by atoms with E-state index in [9.17, 15) is 14.4 Å². The monoisotopic (exact) mass is 685 g/mol. The maximum Gasteiger partial charge on any atom is 0.343 e. The van der Waals surface area contributed by atoms with Crippen LogP contribution < -0.4 is 43.9 Å². The molecule has 0 saturated heterocycles. The molecule has 13 nitrogen and oxygen atoms in total. The number of hydrogen-bond acceptors (Lipinski definition) is 11. The van der Waals surface area contributed by atoms with Crippen molar-refractivity contribution in [1.29, 1.82) is 0 Å². The third-order valence-electron chi connectivity index (χ3n) is 6.94. The maximum absolute atomic E-state index is 13.1. The summed E-state index contributed by atoms with van der Waals surface area (Å²) in [5.74, 6) is 0.853. The molecule has 50 heavy (non-hydrogen) atoms. The van der Waals surface area contributed by atoms with Crippen molar-refractivity contribution >= 4 is 29.7 Å². The number of nitrogens with one attached hydrogen (secondary N) is 2. The molecule has 4 aromatic carbocycles. The van der Waals surface area contributed by atoms with E-state index in [0.717, 1.165) is 0 Å². The van der Waals surface area contributed by atoms with Crippen molar-refractivity contribution in [2.24, 2.45) is 5.10 Å². The lowest BCUT2D eigenvalue weighted by molar-refractivity contribution is 0.0727. The summed E-state index contributed by atoms with van der Waals surface area (Å²) in [7, 11) is 4.36. The summed E-state index contributed by atoms with van der Waals surface area (Å²) in [5, 5.41) is 6.86. The molecule has 0 aliphatic heterocycles. The minimum atomic E-state index is -0.674. The van der Waals surface area contributed by atoms with Crippen molar-refractivity contribution in [3.8, 4) is 40.2 Å². The summed E-state index contributed by atoms with van der Waals surface area (Å²) in [6.07, 6.45) is 1.42. The van der Waals surface area contributed by atoms with Gasteiger partial charge in [0, 0.05) is 16.8 Å². The number of carbonyl (C=O) groups excluding carboxylic acids is 3. The average Bonchev–Trinajstić information content (AvgIpc) is 3.12. The third kappa shape index (κ3) is 9.22. The first-order valence-electron chi connectivity index (χ1n) is 15.7. The van der Waals surface area contributed by atoms with E-state index >= 15 is 0 Å². The van der Waals surface area contributed by atoms with Gasteiger partial charge in [-0.2, -0.15) is 5.10 Å². The van der Waals surface area contributed by atoms with Crippen LogP contribution in [0.4, 0.5) is 5.69 Å². The smallest absolute Gasteiger partial charge is 0.343 e. The molecule has 0 radical (unpaired) electrons. The van der Waals surface area contributed by atoms with Gasteiger partial charge < -0.3 is 38.5 Å². The molecule has 0 spiro atoms. The molecule has 4 rings (SSSR count). The maximum atomic E-state index is 13.1. The van der Waals surface area contributed by atoms with Crippen molar-refractivity contribution in [2.75, 3.05) is 46.5 Å². The highest BCUT2D eigenvalue weighted by Gasteiger charge is 2.20. The van der Waals surface area contributed by atoms with Crippen molar-refractivity contribution in [1.82, 2.24) is 5.43 Å². The van der Waals surface area contributed by atoms with E-state index in [1.54, 1.807) is 61.5 Å². The Labute approximate surface area is 290 Å². The Balaban J connectivity index is 1.42. The van der Waals surface area contributed by atoms with E-state index in [-0.39, 0.29) is 28.5 Å². The second-order valence-corrected chi connectivity index (χ2v) is 10.2. The summed E-state index contributed by atoms with van der Waals surface area (Å²) in [4.78, 5) is 38.9. The average molecular weight is 686 g/mol. The van der Waals surface area contributed by atoms with Crippen molar-refractivity contribution in [3.05, 3.63) is 95.1 Å². The fourth-order valence-corrected chi connectivity index (χ4v) is 4.68. The van der Waals surface area contributed by atoms with E-state index in [2.05, 4.69) is 15.8 Å². The topological polar surface area (TPSA) is 152 Å². The molecule has 2 N–H and O–H groups in total. The number of anilines is 1. The lowest BCUT2D eigenvalue weighted by atomic mass is 10.1. The first kappa shape index (κ1) is 36.6. The Hall–Kier alpha value is -6.24. The summed E-state index contributed by atoms with van der Waals surface area (Å²) in [6.45, 7) is 6.67. The number of rotatable bonds is 16. The molecule has 262 valence electrons. The SMILES string of the molecule is CCOc1ccc(C(=O)Nc2cccc(C(=O)NN=Cc3ccc(OC(=O)c4cc(OC)c(OC)c(OC)c4)c(OCC)c3)c2)cc1OCC. The Kier molecular flexibility index (Phi) is 13.0. The van der Waals surface area contributed by atoms with Gasteiger partial charge in [0.15, 0.2) is 34.5 Å². The number of esters is 1. The number of carbonyl (C=O) groups is 3. The van der Waals surface area contributed by atoms with Crippen molar-refractivity contribution < 1.29 is 47.5 Å². The predicted molar refractivity (Wildman–Crippen MR) is 187 cm³/mol. The van der Waals surface area contributed by atoms with Gasteiger partial charge in [0.2, 0.25) is 5.75 Å². The van der Waals surface area contributed by atoms with Gasteiger partial charge in [-0.25, -0.2) is 10.2 Å². The van der Waals surface area contributed by atoms with Crippen LogP contribution in [0.25, 0.3) is 0 Å². The highest BCUT2D eigenvalue weighted by molar-refractivity contribution is 6.05. The van der Waals surface area contributed by atoms with Gasteiger partial charge in [-0.3, -0.25) is 9.59 Å². The van der Waals surface area contributed by atoms with Crippen LogP contribution in [-0.2, 0) is 0 Å². The van der Waals surface area contributed by atoms with Gasteiger partial charge in [0.05, 0.1) is 52.9 Å². The first-order valence-corrected chi connectivity index (χ1v) is 15.7. The fraction of sp³-hybridized carbons (Fsp3) is 0.243. The third-order valence-corrected chi connectivity index (χ3v) is 6.94. The number of nitrogens with zero attached hydrogens (tertiary/aromatic N) is 1. The highest BCUT2D eigenvalue weighted by Crippen LogP contribution is 2.39. The zero-order valence-electron chi connectivity index (χ0n) is 28.7. The van der Waals surface area contributed by atoms with Gasteiger partial charge in [0.25, 0.3) is 11.8 Å². The first-order chi connectivity index (χ1) is 24.2. The molecule has 0 aliphatic rings. The van der Waals surface area contributed by atoms with Gasteiger partial charge in [-0.1, -0.05) is 6.07 Å². The zero-order chi connectivity index (χ0) is 36.0. The number of amides is 2. The second kappa shape index (κ2) is 17.8. The molecule has 0 saturated carbocycles. The minimum absolute atomic E-state index is 0.171. The summed E-state index contributed by atoms with van der Waals surface area (Å²) in [6, 6.07) is 19.1. The van der Waals surface area contributed by atoms with Crippen LogP contribution in [0.3, 0.4) is 0 Å². The standard InChI is InChI=1S/C37H39N3O10/c1-7-47-28-16-14-25(19-31(28)49-9-3)35(41)39-27-12-10-11-24(18-27)36(42)40-38-22-23-13-15-29(30(17-23)48-8-2)50-37(43)26-20-32(44-4)34(46-6)33(21-26)45-5/h10-22H,7-9H2,1-6H3,(H,39,41)(H,40,42). The highest BCUT2D eigenvalue weighted by atomic mass is 16.6. The molecule has 2 amide bonds. The number of methoxy groups -OCH3 is 3. The molecular weight excluding hydrogens is 646 g/mol. The lowest BCUT2D eigenvalue weighted by Gasteiger charge is -2.15. The number of benzene rings is 4. The minimum Gasteiger partial charge on any atom is -0.493 e. The van der Waals surface area contributed by atoms with Crippen molar-refractivity contribution in [2.45, 2.75) is 20.8 Å². The van der Waals surface area contributed by atoms with Gasteiger partial charge >= 0.3 is 5.97 Å². The molecule has 0 unspecified atom stereocenters. The molecule has 13 heteroatoms. The molecular formula is C37H39N3O10.